The van der Waals surface area contributed by atoms with E-state index in [1.54, 1.807) is 13.1 Å². The van der Waals surface area contributed by atoms with Crippen molar-refractivity contribution in [1.82, 2.24) is 4.98 Å². The molecular weight excluding hydrogens is 162 g/mol. The molecule has 11 heavy (non-hydrogen) atoms. The van der Waals surface area contributed by atoms with Gasteiger partial charge in [-0.05, 0) is 12.1 Å². The van der Waals surface area contributed by atoms with Gasteiger partial charge in [0.25, 0.3) is 0 Å². The Kier molecular flexibility index (Phi) is 2.29. The number of rotatable bonds is 1. The second kappa shape index (κ2) is 3.22. The molecule has 56 valence electrons. The minimum absolute atomic E-state index is 0.327. The zero-order chi connectivity index (χ0) is 8.27. The number of hydrogen-bond donors (Lipinski definition) is 1. The summed E-state index contributed by atoms with van der Waals surface area (Å²) in [7, 11) is 1.72. The fraction of sp³-hybridized carbons (Fsp3) is 0.143. The molecule has 1 aromatic heterocycles. The lowest BCUT2D eigenvalue weighted by Crippen LogP contribution is -1.92. The third-order valence-electron chi connectivity index (χ3n) is 1.18. The van der Waals surface area contributed by atoms with E-state index in [1.165, 1.54) is 6.07 Å². The molecule has 3 nitrogen and oxygen atoms in total. The third kappa shape index (κ3) is 1.82. The molecule has 1 aromatic rings. The second-order valence-corrected chi connectivity index (χ2v) is 2.31. The van der Waals surface area contributed by atoms with Gasteiger partial charge in [0.15, 0.2) is 0 Å². The van der Waals surface area contributed by atoms with Crippen LogP contribution in [0.25, 0.3) is 0 Å². The van der Waals surface area contributed by atoms with Gasteiger partial charge >= 0.3 is 0 Å². The highest BCUT2D eigenvalue weighted by molar-refractivity contribution is 6.29. The molecule has 0 aliphatic carbocycles. The molecule has 1 rings (SSSR count). The van der Waals surface area contributed by atoms with Gasteiger partial charge in [-0.15, -0.1) is 0 Å². The minimum Gasteiger partial charge on any atom is -0.373 e. The molecule has 0 spiro atoms. The Bertz CT molecular complexity index is 303. The van der Waals surface area contributed by atoms with Gasteiger partial charge in [-0.3, -0.25) is 0 Å². The number of hydrogen-bond acceptors (Lipinski definition) is 3. The highest BCUT2D eigenvalue weighted by atomic mass is 35.5. The summed E-state index contributed by atoms with van der Waals surface area (Å²) in [6.45, 7) is 0. The maximum absolute atomic E-state index is 8.52. The maximum Gasteiger partial charge on any atom is 0.132 e. The molecular formula is C7H6ClN3. The van der Waals surface area contributed by atoms with Crippen LogP contribution in [0.3, 0.4) is 0 Å². The van der Waals surface area contributed by atoms with Crippen molar-refractivity contribution in [3.8, 4) is 6.07 Å². The number of nitriles is 1. The summed E-state index contributed by atoms with van der Waals surface area (Å²) < 4.78 is 0. The Morgan fingerprint density at radius 3 is 2.91 bits per heavy atom. The number of nitrogens with one attached hydrogen (secondary N) is 1. The largest absolute Gasteiger partial charge is 0.373 e. The van der Waals surface area contributed by atoms with Crippen LogP contribution in [-0.4, -0.2) is 12.0 Å². The van der Waals surface area contributed by atoms with Crippen molar-refractivity contribution in [3.05, 3.63) is 22.8 Å². The van der Waals surface area contributed by atoms with Gasteiger partial charge < -0.3 is 5.32 Å². The van der Waals surface area contributed by atoms with Crippen molar-refractivity contribution < 1.29 is 0 Å². The van der Waals surface area contributed by atoms with Crippen LogP contribution < -0.4 is 5.32 Å². The van der Waals surface area contributed by atoms with Gasteiger partial charge in [0.2, 0.25) is 0 Å². The lowest BCUT2D eigenvalue weighted by atomic mass is 10.3. The average molecular weight is 168 g/mol. The third-order valence-corrected chi connectivity index (χ3v) is 1.37. The maximum atomic E-state index is 8.52. The van der Waals surface area contributed by atoms with Crippen molar-refractivity contribution in [2.45, 2.75) is 0 Å². The molecule has 0 saturated carbocycles. The quantitative estimate of drug-likeness (QED) is 0.647. The van der Waals surface area contributed by atoms with E-state index in [2.05, 4.69) is 10.3 Å². The van der Waals surface area contributed by atoms with E-state index in [4.69, 9.17) is 16.9 Å². The number of halogens is 1. The van der Waals surface area contributed by atoms with Crippen LogP contribution >= 0.6 is 11.6 Å². The summed E-state index contributed by atoms with van der Waals surface area (Å²) in [6, 6.07) is 5.13. The first kappa shape index (κ1) is 7.83. The number of anilines is 1. The summed E-state index contributed by atoms with van der Waals surface area (Å²) in [5.74, 6) is 0.606. The number of nitrogens with zero attached hydrogens (tertiary/aromatic N) is 2. The molecule has 0 saturated heterocycles. The Morgan fingerprint density at radius 2 is 2.36 bits per heavy atom. The molecule has 0 fully saturated rings. The van der Waals surface area contributed by atoms with Crippen molar-refractivity contribution in [2.24, 2.45) is 0 Å². The van der Waals surface area contributed by atoms with Crippen molar-refractivity contribution in [2.75, 3.05) is 12.4 Å². The van der Waals surface area contributed by atoms with Crippen molar-refractivity contribution >= 4 is 17.4 Å². The molecule has 1 N–H and O–H groups in total. The van der Waals surface area contributed by atoms with Crippen LogP contribution in [0, 0.1) is 11.3 Å². The van der Waals surface area contributed by atoms with Crippen molar-refractivity contribution in [3.63, 3.8) is 0 Å². The highest BCUT2D eigenvalue weighted by Crippen LogP contribution is 2.12. The van der Waals surface area contributed by atoms with Crippen LogP contribution in [-0.2, 0) is 0 Å². The molecule has 0 aliphatic heterocycles. The molecule has 0 amide bonds. The predicted molar refractivity (Wildman–Crippen MR) is 43.5 cm³/mol. The van der Waals surface area contributed by atoms with Gasteiger partial charge in [0.1, 0.15) is 11.0 Å². The molecule has 0 aliphatic rings. The normalized spacial score (nSPS) is 8.82. The number of aromatic nitrogens is 1. The Hall–Kier alpha value is -1.27. The summed E-state index contributed by atoms with van der Waals surface area (Å²) in [5, 5.41) is 11.6. The van der Waals surface area contributed by atoms with Gasteiger partial charge in [0, 0.05) is 7.05 Å². The Labute approximate surface area is 69.6 Å². The molecule has 0 radical (unpaired) electrons. The second-order valence-electron chi connectivity index (χ2n) is 1.93. The molecule has 0 aromatic carbocycles. The first-order chi connectivity index (χ1) is 5.26. The molecule has 0 unspecified atom stereocenters. The van der Waals surface area contributed by atoms with Gasteiger partial charge in [0.05, 0.1) is 11.6 Å². The van der Waals surface area contributed by atoms with E-state index in [-0.39, 0.29) is 0 Å². The lowest BCUT2D eigenvalue weighted by molar-refractivity contribution is 1.27. The highest BCUT2D eigenvalue weighted by Gasteiger charge is 1.97. The SMILES string of the molecule is CNc1cc(C#N)cc(Cl)n1. The van der Waals surface area contributed by atoms with E-state index >= 15 is 0 Å². The summed E-state index contributed by atoms with van der Waals surface area (Å²) in [5.41, 5.74) is 0.509. The summed E-state index contributed by atoms with van der Waals surface area (Å²) in [4.78, 5) is 3.90. The van der Waals surface area contributed by atoms with Crippen LogP contribution in [0.15, 0.2) is 12.1 Å². The van der Waals surface area contributed by atoms with Crippen LogP contribution in [0.2, 0.25) is 5.15 Å². The minimum atomic E-state index is 0.327. The Morgan fingerprint density at radius 1 is 1.64 bits per heavy atom. The topological polar surface area (TPSA) is 48.7 Å². The zero-order valence-electron chi connectivity index (χ0n) is 5.93. The molecule has 4 heteroatoms. The number of pyridine rings is 1. The predicted octanol–water partition coefficient (Wildman–Crippen LogP) is 1.65. The Balaban J connectivity index is 3.15. The smallest absolute Gasteiger partial charge is 0.132 e. The lowest BCUT2D eigenvalue weighted by Gasteiger charge is -1.98. The van der Waals surface area contributed by atoms with Gasteiger partial charge in [-0.1, -0.05) is 11.6 Å². The van der Waals surface area contributed by atoms with E-state index in [0.717, 1.165) is 0 Å². The monoisotopic (exact) mass is 167 g/mol. The fourth-order valence-electron chi connectivity index (χ4n) is 0.690. The molecule has 1 heterocycles. The van der Waals surface area contributed by atoms with Crippen LogP contribution in [0.4, 0.5) is 5.82 Å². The van der Waals surface area contributed by atoms with E-state index in [1.807, 2.05) is 6.07 Å². The van der Waals surface area contributed by atoms with E-state index in [0.29, 0.717) is 16.5 Å². The molecule has 0 bridgehead atoms. The summed E-state index contributed by atoms with van der Waals surface area (Å²) in [6.07, 6.45) is 0. The van der Waals surface area contributed by atoms with Gasteiger partial charge in [-0.25, -0.2) is 4.98 Å². The van der Waals surface area contributed by atoms with Crippen molar-refractivity contribution in [1.29, 1.82) is 5.26 Å². The molecule has 0 atom stereocenters. The van der Waals surface area contributed by atoms with E-state index in [9.17, 15) is 0 Å². The average Bonchev–Trinajstić information content (AvgIpc) is 2.03. The first-order valence-corrected chi connectivity index (χ1v) is 3.39. The standard InChI is InChI=1S/C7H6ClN3/c1-10-7-3-5(4-9)2-6(8)11-7/h2-3H,1H3,(H,10,11). The van der Waals surface area contributed by atoms with E-state index < -0.39 is 0 Å². The summed E-state index contributed by atoms with van der Waals surface area (Å²) >= 11 is 5.61. The van der Waals surface area contributed by atoms with Gasteiger partial charge in [-0.2, -0.15) is 5.26 Å². The fourth-order valence-corrected chi connectivity index (χ4v) is 0.898. The first-order valence-electron chi connectivity index (χ1n) is 3.01. The van der Waals surface area contributed by atoms with Crippen LogP contribution in [0.1, 0.15) is 5.56 Å². The van der Waals surface area contributed by atoms with Crippen LogP contribution in [0.5, 0.6) is 0 Å². The zero-order valence-corrected chi connectivity index (χ0v) is 6.68.